The van der Waals surface area contributed by atoms with Gasteiger partial charge in [0, 0.05) is 6.20 Å². The van der Waals surface area contributed by atoms with Crippen molar-refractivity contribution in [2.45, 2.75) is 50.0 Å². The second-order valence-corrected chi connectivity index (χ2v) is 7.45. The summed E-state index contributed by atoms with van der Waals surface area (Å²) in [4.78, 5) is 18.2. The van der Waals surface area contributed by atoms with Gasteiger partial charge in [-0.2, -0.15) is 31.3 Å². The summed E-state index contributed by atoms with van der Waals surface area (Å²) >= 11 is 0. The zero-order valence-electron chi connectivity index (χ0n) is 15.1. The Morgan fingerprint density at radius 3 is 2.00 bits per heavy atom. The molecule has 29 heavy (non-hydrogen) atoms. The van der Waals surface area contributed by atoms with Crippen LogP contribution in [-0.2, 0) is 17.1 Å². The predicted octanol–water partition coefficient (Wildman–Crippen LogP) is 5.58. The minimum absolute atomic E-state index is 0.103. The molecule has 0 unspecified atom stereocenters. The Morgan fingerprint density at radius 1 is 0.862 bits per heavy atom. The van der Waals surface area contributed by atoms with Gasteiger partial charge in [0.05, 0.1) is 11.1 Å². The number of amidine groups is 1. The van der Waals surface area contributed by atoms with Crippen LogP contribution in [0.25, 0.3) is 5.57 Å². The molecule has 1 aromatic carbocycles. The molecule has 0 saturated heterocycles. The molecule has 154 valence electrons. The summed E-state index contributed by atoms with van der Waals surface area (Å²) in [5.74, 6) is 0.0537. The molecule has 1 spiro atoms. The van der Waals surface area contributed by atoms with Crippen LogP contribution in [-0.4, -0.2) is 22.2 Å². The van der Waals surface area contributed by atoms with Crippen molar-refractivity contribution in [3.63, 3.8) is 0 Å². The summed E-state index contributed by atoms with van der Waals surface area (Å²) < 4.78 is 79.1. The topological polar surface area (TPSA) is 32.7 Å². The molecule has 2 aliphatic heterocycles. The maximum atomic E-state index is 13.2. The second kappa shape index (κ2) is 6.47. The molecule has 0 atom stereocenters. The normalized spacial score (nSPS) is 21.3. The largest absolute Gasteiger partial charge is 0.416 e. The second-order valence-electron chi connectivity index (χ2n) is 7.45. The summed E-state index contributed by atoms with van der Waals surface area (Å²) in [6.45, 7) is 0. The van der Waals surface area contributed by atoms with Gasteiger partial charge in [-0.15, -0.1) is 0 Å². The zero-order chi connectivity index (χ0) is 21.0. The van der Waals surface area contributed by atoms with E-state index in [4.69, 9.17) is 0 Å². The van der Waals surface area contributed by atoms with Crippen molar-refractivity contribution in [2.75, 3.05) is 0 Å². The third-order valence-corrected chi connectivity index (χ3v) is 5.60. The van der Waals surface area contributed by atoms with E-state index in [-0.39, 0.29) is 23.1 Å². The van der Waals surface area contributed by atoms with Gasteiger partial charge in [-0.25, -0.2) is 0 Å². The molecular weight excluding hydrogens is 398 g/mol. The van der Waals surface area contributed by atoms with Crippen molar-refractivity contribution >= 4 is 17.3 Å². The van der Waals surface area contributed by atoms with Gasteiger partial charge < -0.3 is 4.90 Å². The van der Waals surface area contributed by atoms with Crippen molar-refractivity contribution in [1.29, 1.82) is 0 Å². The highest BCUT2D eigenvalue weighted by Crippen LogP contribution is 2.43. The van der Waals surface area contributed by atoms with E-state index >= 15 is 0 Å². The van der Waals surface area contributed by atoms with E-state index in [1.54, 1.807) is 4.90 Å². The van der Waals surface area contributed by atoms with E-state index in [0.717, 1.165) is 19.3 Å². The van der Waals surface area contributed by atoms with Crippen molar-refractivity contribution in [3.05, 3.63) is 53.2 Å². The van der Waals surface area contributed by atoms with Gasteiger partial charge in [-0.1, -0.05) is 19.3 Å². The summed E-state index contributed by atoms with van der Waals surface area (Å²) in [5.41, 5.74) is -3.69. The number of nitrogens with zero attached hydrogens (tertiary/aromatic N) is 2. The zero-order valence-corrected chi connectivity index (χ0v) is 15.1. The molecule has 0 N–H and O–H groups in total. The Hall–Kier alpha value is -2.58. The van der Waals surface area contributed by atoms with Gasteiger partial charge in [-0.3, -0.25) is 4.79 Å². The van der Waals surface area contributed by atoms with Crippen LogP contribution in [0.2, 0.25) is 0 Å². The van der Waals surface area contributed by atoms with Crippen LogP contribution in [0, 0.1) is 0 Å². The summed E-state index contributed by atoms with van der Waals surface area (Å²) in [6.07, 6.45) is -1.87. The SMILES string of the molecule is O=C1N=C2C=CC(c3cc(C(F)(F)F)cc(C(F)(F)F)c3)=CN2C12CCCCC2. The smallest absolute Gasteiger partial charge is 0.317 e. The number of allylic oxidation sites excluding steroid dienone is 2. The molecule has 1 saturated carbocycles. The lowest BCUT2D eigenvalue weighted by molar-refractivity contribution is -0.143. The van der Waals surface area contributed by atoms with Gasteiger partial charge in [0.15, 0.2) is 0 Å². The van der Waals surface area contributed by atoms with E-state index in [0.29, 0.717) is 30.8 Å². The van der Waals surface area contributed by atoms with E-state index in [1.165, 1.54) is 18.4 Å². The van der Waals surface area contributed by atoms with Crippen molar-refractivity contribution in [3.8, 4) is 0 Å². The predicted molar refractivity (Wildman–Crippen MR) is 93.7 cm³/mol. The van der Waals surface area contributed by atoms with Crippen LogP contribution >= 0.6 is 0 Å². The Kier molecular flexibility index (Phi) is 4.40. The van der Waals surface area contributed by atoms with Crippen LogP contribution < -0.4 is 0 Å². The highest BCUT2D eigenvalue weighted by molar-refractivity contribution is 6.13. The van der Waals surface area contributed by atoms with Crippen molar-refractivity contribution in [2.24, 2.45) is 4.99 Å². The van der Waals surface area contributed by atoms with Crippen LogP contribution in [0.5, 0.6) is 0 Å². The third kappa shape index (κ3) is 3.36. The first-order valence-electron chi connectivity index (χ1n) is 9.13. The van der Waals surface area contributed by atoms with Gasteiger partial charge >= 0.3 is 12.4 Å². The van der Waals surface area contributed by atoms with Crippen LogP contribution in [0.1, 0.15) is 48.8 Å². The minimum Gasteiger partial charge on any atom is -0.317 e. The van der Waals surface area contributed by atoms with Gasteiger partial charge in [0.2, 0.25) is 0 Å². The van der Waals surface area contributed by atoms with Crippen molar-refractivity contribution < 1.29 is 31.1 Å². The fraction of sp³-hybridized carbons (Fsp3) is 0.400. The number of alkyl halides is 6. The quantitative estimate of drug-likeness (QED) is 0.562. The van der Waals surface area contributed by atoms with E-state index in [1.807, 2.05) is 0 Å². The van der Waals surface area contributed by atoms with Gasteiger partial charge in [-0.05, 0) is 54.3 Å². The fourth-order valence-electron chi connectivity index (χ4n) is 4.12. The fourth-order valence-corrected chi connectivity index (χ4v) is 4.12. The maximum absolute atomic E-state index is 13.2. The average Bonchev–Trinajstić information content (AvgIpc) is 2.91. The Balaban J connectivity index is 1.80. The lowest BCUT2D eigenvalue weighted by Crippen LogP contribution is -2.50. The number of benzene rings is 1. The van der Waals surface area contributed by atoms with Crippen LogP contribution in [0.15, 0.2) is 41.5 Å². The summed E-state index contributed by atoms with van der Waals surface area (Å²) in [7, 11) is 0. The standard InChI is InChI=1S/C20H16F6N2O/c21-19(22,23)14-8-13(9-15(10-14)20(24,25)26)12-4-5-16-27-17(29)18(28(16)11-12)6-2-1-3-7-18/h4-5,8-11H,1-3,6-7H2. The van der Waals surface area contributed by atoms with E-state index in [9.17, 15) is 31.1 Å². The number of amides is 1. The van der Waals surface area contributed by atoms with Crippen LogP contribution in [0.4, 0.5) is 26.3 Å². The highest BCUT2D eigenvalue weighted by atomic mass is 19.4. The Bertz CT molecular complexity index is 916. The lowest BCUT2D eigenvalue weighted by atomic mass is 9.80. The summed E-state index contributed by atoms with van der Waals surface area (Å²) in [6, 6.07) is 1.49. The molecule has 1 aliphatic carbocycles. The molecule has 1 amide bonds. The molecule has 3 nitrogen and oxygen atoms in total. The average molecular weight is 414 g/mol. The van der Waals surface area contributed by atoms with Gasteiger partial charge in [0.1, 0.15) is 11.4 Å². The minimum atomic E-state index is -4.92. The van der Waals surface area contributed by atoms with Gasteiger partial charge in [0.25, 0.3) is 5.91 Å². The molecule has 4 rings (SSSR count). The number of carbonyl (C=O) groups is 1. The molecule has 1 fully saturated rings. The molecule has 0 radical (unpaired) electrons. The first-order valence-corrected chi connectivity index (χ1v) is 9.13. The Morgan fingerprint density at radius 2 is 1.45 bits per heavy atom. The maximum Gasteiger partial charge on any atom is 0.416 e. The molecule has 1 aromatic rings. The number of aliphatic imine (C=N–C) groups is 1. The number of hydrogen-bond donors (Lipinski definition) is 0. The molecule has 9 heteroatoms. The monoisotopic (exact) mass is 414 g/mol. The molecule has 3 aliphatic rings. The number of rotatable bonds is 1. The number of carbonyl (C=O) groups excluding carboxylic acids is 1. The first-order chi connectivity index (χ1) is 13.5. The third-order valence-electron chi connectivity index (χ3n) is 5.60. The first kappa shape index (κ1) is 19.7. The Labute approximate surface area is 162 Å². The lowest BCUT2D eigenvalue weighted by Gasteiger charge is -2.40. The van der Waals surface area contributed by atoms with Crippen molar-refractivity contribution in [1.82, 2.24) is 4.90 Å². The molecule has 0 bridgehead atoms. The van der Waals surface area contributed by atoms with E-state index < -0.39 is 29.0 Å². The van der Waals surface area contributed by atoms with Crippen LogP contribution in [0.3, 0.4) is 0 Å². The molecule has 2 heterocycles. The summed E-state index contributed by atoms with van der Waals surface area (Å²) in [5, 5.41) is 0. The highest BCUT2D eigenvalue weighted by Gasteiger charge is 2.50. The molecule has 0 aromatic heterocycles. The number of halogens is 6. The van der Waals surface area contributed by atoms with E-state index in [2.05, 4.69) is 4.99 Å². The number of hydrogen-bond acceptors (Lipinski definition) is 2. The molecular formula is C20H16F6N2O. The number of fused-ring (bicyclic) bond motifs is 2.